The van der Waals surface area contributed by atoms with Gasteiger partial charge < -0.3 is 10.8 Å². The lowest BCUT2D eigenvalue weighted by Gasteiger charge is -2.36. The largest absolute Gasteiger partial charge is 0.481 e. The van der Waals surface area contributed by atoms with E-state index in [0.29, 0.717) is 0 Å². The molecule has 0 amide bonds. The highest BCUT2D eigenvalue weighted by molar-refractivity contribution is 5.85. The van der Waals surface area contributed by atoms with Crippen molar-refractivity contribution in [3.63, 3.8) is 0 Å². The summed E-state index contributed by atoms with van der Waals surface area (Å²) >= 11 is 0. The van der Waals surface area contributed by atoms with E-state index in [2.05, 4.69) is 0 Å². The summed E-state index contributed by atoms with van der Waals surface area (Å²) in [6.45, 7) is 1.73. The lowest BCUT2D eigenvalue weighted by Crippen LogP contribution is -2.44. The lowest BCUT2D eigenvalue weighted by molar-refractivity contribution is -0.144. The van der Waals surface area contributed by atoms with E-state index in [9.17, 15) is 4.79 Å². The van der Waals surface area contributed by atoms with Gasteiger partial charge in [0, 0.05) is 6.04 Å². The second-order valence-corrected chi connectivity index (χ2v) is 3.03. The van der Waals surface area contributed by atoms with Gasteiger partial charge >= 0.3 is 5.97 Å². The van der Waals surface area contributed by atoms with Crippen molar-refractivity contribution in [3.8, 4) is 0 Å². The predicted molar refractivity (Wildman–Crippen MR) is 44.7 cm³/mol. The molecule has 1 saturated carbocycles. The molecule has 1 aliphatic rings. The number of carboxylic acids is 1. The van der Waals surface area contributed by atoms with Gasteiger partial charge in [-0.3, -0.25) is 4.79 Å². The monoisotopic (exact) mass is 179 g/mol. The van der Waals surface area contributed by atoms with Crippen LogP contribution in [0.15, 0.2) is 0 Å². The molecule has 11 heavy (non-hydrogen) atoms. The van der Waals surface area contributed by atoms with Gasteiger partial charge in [0.15, 0.2) is 0 Å². The molecule has 3 atom stereocenters. The minimum absolute atomic E-state index is 0. The second-order valence-electron chi connectivity index (χ2n) is 3.03. The molecular weight excluding hydrogens is 166 g/mol. The van der Waals surface area contributed by atoms with Gasteiger partial charge in [-0.25, -0.2) is 0 Å². The summed E-state index contributed by atoms with van der Waals surface area (Å²) in [7, 11) is 0. The van der Waals surface area contributed by atoms with Gasteiger partial charge in [0.2, 0.25) is 0 Å². The summed E-state index contributed by atoms with van der Waals surface area (Å²) < 4.78 is 0. The number of carboxylic acid groups (broad SMARTS) is 1. The maximum atomic E-state index is 10.4. The zero-order valence-electron chi connectivity index (χ0n) is 6.49. The molecule has 1 fully saturated rings. The molecule has 1 aliphatic carbocycles. The van der Waals surface area contributed by atoms with Gasteiger partial charge in [0.25, 0.3) is 0 Å². The van der Waals surface area contributed by atoms with Crippen LogP contribution in [0.4, 0.5) is 0 Å². The van der Waals surface area contributed by atoms with Crippen molar-refractivity contribution in [1.29, 1.82) is 0 Å². The van der Waals surface area contributed by atoms with Gasteiger partial charge in [-0.15, -0.1) is 12.4 Å². The third kappa shape index (κ3) is 2.07. The first-order valence-electron chi connectivity index (χ1n) is 3.61. The number of aliphatic carboxylic acids is 1. The van der Waals surface area contributed by atoms with Crippen LogP contribution in [0.25, 0.3) is 0 Å². The van der Waals surface area contributed by atoms with Crippen LogP contribution in [-0.4, -0.2) is 17.1 Å². The van der Waals surface area contributed by atoms with E-state index in [1.165, 1.54) is 0 Å². The minimum Gasteiger partial charge on any atom is -0.481 e. The smallest absolute Gasteiger partial charge is 0.306 e. The molecule has 1 rings (SSSR count). The molecular formula is C7H14ClNO2. The summed E-state index contributed by atoms with van der Waals surface area (Å²) in [4.78, 5) is 10.4. The highest BCUT2D eigenvalue weighted by Crippen LogP contribution is 2.32. The Balaban J connectivity index is 0.000001000. The van der Waals surface area contributed by atoms with Crippen molar-refractivity contribution in [1.82, 2.24) is 0 Å². The van der Waals surface area contributed by atoms with E-state index in [1.807, 2.05) is 0 Å². The van der Waals surface area contributed by atoms with Crippen molar-refractivity contribution in [2.24, 2.45) is 17.6 Å². The second kappa shape index (κ2) is 3.93. The quantitative estimate of drug-likeness (QED) is 0.661. The molecule has 0 aromatic rings. The Labute approximate surface area is 72.4 Å². The Morgan fingerprint density at radius 1 is 1.64 bits per heavy atom. The number of hydrogen-bond donors (Lipinski definition) is 2. The molecule has 0 bridgehead atoms. The van der Waals surface area contributed by atoms with Gasteiger partial charge in [0.05, 0.1) is 5.92 Å². The van der Waals surface area contributed by atoms with E-state index in [1.54, 1.807) is 6.92 Å². The third-order valence-electron chi connectivity index (χ3n) is 2.42. The van der Waals surface area contributed by atoms with Gasteiger partial charge in [-0.05, 0) is 18.8 Å². The maximum Gasteiger partial charge on any atom is 0.306 e. The Hall–Kier alpha value is -0.280. The fourth-order valence-electron chi connectivity index (χ4n) is 1.36. The van der Waals surface area contributed by atoms with E-state index in [-0.39, 0.29) is 30.3 Å². The Morgan fingerprint density at radius 3 is 2.27 bits per heavy atom. The fourth-order valence-corrected chi connectivity index (χ4v) is 1.36. The van der Waals surface area contributed by atoms with Crippen LogP contribution in [0.2, 0.25) is 0 Å². The summed E-state index contributed by atoms with van der Waals surface area (Å²) in [6, 6.07) is 0.131. The van der Waals surface area contributed by atoms with Gasteiger partial charge in [-0.1, -0.05) is 6.92 Å². The topological polar surface area (TPSA) is 63.3 Å². The van der Waals surface area contributed by atoms with Crippen LogP contribution in [0.1, 0.15) is 19.8 Å². The van der Waals surface area contributed by atoms with Crippen molar-refractivity contribution in [2.45, 2.75) is 25.8 Å². The van der Waals surface area contributed by atoms with Crippen LogP contribution in [0.5, 0.6) is 0 Å². The van der Waals surface area contributed by atoms with Gasteiger partial charge in [0.1, 0.15) is 0 Å². The molecule has 0 heterocycles. The fraction of sp³-hybridized carbons (Fsp3) is 0.857. The number of halogens is 1. The summed E-state index contributed by atoms with van der Waals surface area (Å²) in [5.41, 5.74) is 5.60. The molecule has 0 spiro atoms. The summed E-state index contributed by atoms with van der Waals surface area (Å²) in [5, 5.41) is 8.58. The van der Waals surface area contributed by atoms with Crippen molar-refractivity contribution in [3.05, 3.63) is 0 Å². The summed E-state index contributed by atoms with van der Waals surface area (Å²) in [5.74, 6) is -0.763. The average molecular weight is 180 g/mol. The minimum atomic E-state index is -0.722. The normalized spacial score (nSPS) is 31.5. The van der Waals surface area contributed by atoms with E-state index < -0.39 is 5.97 Å². The Kier molecular flexibility index (Phi) is 3.83. The van der Waals surface area contributed by atoms with Crippen LogP contribution >= 0.6 is 12.4 Å². The van der Waals surface area contributed by atoms with Crippen LogP contribution in [0.3, 0.4) is 0 Å². The number of carbonyl (C=O) groups is 1. The zero-order valence-corrected chi connectivity index (χ0v) is 7.30. The van der Waals surface area contributed by atoms with E-state index >= 15 is 0 Å². The molecule has 0 aromatic heterocycles. The van der Waals surface area contributed by atoms with Gasteiger partial charge in [-0.2, -0.15) is 0 Å². The number of rotatable bonds is 2. The van der Waals surface area contributed by atoms with Crippen molar-refractivity contribution in [2.75, 3.05) is 0 Å². The summed E-state index contributed by atoms with van der Waals surface area (Å²) in [6.07, 6.45) is 1.97. The molecule has 0 aromatic carbocycles. The third-order valence-corrected chi connectivity index (χ3v) is 2.42. The van der Waals surface area contributed by atoms with Crippen LogP contribution < -0.4 is 5.73 Å². The molecule has 0 aliphatic heterocycles. The predicted octanol–water partition coefficient (Wildman–Crippen LogP) is 0.866. The SMILES string of the molecule is CC(C(=O)O)C1CCC1N.Cl. The highest BCUT2D eigenvalue weighted by Gasteiger charge is 2.35. The first-order chi connectivity index (χ1) is 4.63. The molecule has 3 nitrogen and oxygen atoms in total. The van der Waals surface area contributed by atoms with Crippen molar-refractivity contribution >= 4 is 18.4 Å². The first-order valence-corrected chi connectivity index (χ1v) is 3.61. The molecule has 4 heteroatoms. The highest BCUT2D eigenvalue weighted by atomic mass is 35.5. The van der Waals surface area contributed by atoms with Crippen LogP contribution in [0, 0.1) is 11.8 Å². The van der Waals surface area contributed by atoms with E-state index in [4.69, 9.17) is 10.8 Å². The van der Waals surface area contributed by atoms with Crippen LogP contribution in [-0.2, 0) is 4.79 Å². The molecule has 0 saturated heterocycles. The standard InChI is InChI=1S/C7H13NO2.ClH/c1-4(7(9)10)5-2-3-6(5)8;/h4-6H,2-3,8H2,1H3,(H,9,10);1H. The maximum absolute atomic E-state index is 10.4. The molecule has 3 unspecified atom stereocenters. The molecule has 3 N–H and O–H groups in total. The number of hydrogen-bond acceptors (Lipinski definition) is 2. The Morgan fingerprint density at radius 2 is 2.18 bits per heavy atom. The molecule has 66 valence electrons. The lowest BCUT2D eigenvalue weighted by atomic mass is 9.73. The van der Waals surface area contributed by atoms with E-state index in [0.717, 1.165) is 12.8 Å². The van der Waals surface area contributed by atoms with Crippen molar-refractivity contribution < 1.29 is 9.90 Å². The average Bonchev–Trinajstić information content (AvgIpc) is 1.84. The Bertz CT molecular complexity index is 151. The molecule has 0 radical (unpaired) electrons. The zero-order chi connectivity index (χ0) is 7.72. The first kappa shape index (κ1) is 10.7. The number of nitrogens with two attached hydrogens (primary N) is 1.